The Morgan fingerprint density at radius 2 is 2.11 bits per heavy atom. The van der Waals surface area contributed by atoms with Gasteiger partial charge in [0.25, 0.3) is 0 Å². The second kappa shape index (κ2) is 6.38. The Hall–Kier alpha value is -1.58. The molecule has 1 aliphatic carbocycles. The monoisotopic (exact) mass is 247 g/mol. The van der Waals surface area contributed by atoms with Gasteiger partial charge in [0.15, 0.2) is 0 Å². The molecular formula is C14H21N3O. The molecule has 1 amide bonds. The first-order chi connectivity index (χ1) is 8.75. The van der Waals surface area contributed by atoms with Crippen molar-refractivity contribution < 1.29 is 4.79 Å². The molecule has 4 nitrogen and oxygen atoms in total. The Labute approximate surface area is 108 Å². The summed E-state index contributed by atoms with van der Waals surface area (Å²) >= 11 is 0. The number of carbonyl (C=O) groups is 1. The van der Waals surface area contributed by atoms with Crippen LogP contribution in [0.4, 0.5) is 5.82 Å². The van der Waals surface area contributed by atoms with Gasteiger partial charge in [-0.05, 0) is 24.5 Å². The highest BCUT2D eigenvalue weighted by atomic mass is 16.1. The molecule has 0 spiro atoms. The first-order valence-electron chi connectivity index (χ1n) is 6.75. The van der Waals surface area contributed by atoms with Gasteiger partial charge in [-0.3, -0.25) is 4.79 Å². The van der Waals surface area contributed by atoms with Crippen LogP contribution < -0.4 is 11.1 Å². The molecule has 1 aromatic rings. The van der Waals surface area contributed by atoms with Crippen LogP contribution in [0.3, 0.4) is 0 Å². The first kappa shape index (κ1) is 12.9. The van der Waals surface area contributed by atoms with E-state index in [0.29, 0.717) is 5.56 Å². The van der Waals surface area contributed by atoms with Gasteiger partial charge in [-0.1, -0.05) is 32.1 Å². The van der Waals surface area contributed by atoms with E-state index in [4.69, 9.17) is 5.73 Å². The Morgan fingerprint density at radius 3 is 2.72 bits per heavy atom. The highest BCUT2D eigenvalue weighted by molar-refractivity contribution is 5.92. The lowest BCUT2D eigenvalue weighted by molar-refractivity contribution is 0.1000. The minimum absolute atomic E-state index is 0.434. The van der Waals surface area contributed by atoms with E-state index in [1.54, 1.807) is 12.1 Å². The Kier molecular flexibility index (Phi) is 4.56. The van der Waals surface area contributed by atoms with E-state index in [1.165, 1.54) is 44.7 Å². The van der Waals surface area contributed by atoms with Gasteiger partial charge >= 0.3 is 0 Å². The maximum absolute atomic E-state index is 10.9. The van der Waals surface area contributed by atoms with E-state index in [0.717, 1.165) is 18.3 Å². The Morgan fingerprint density at radius 1 is 1.33 bits per heavy atom. The number of amides is 1. The van der Waals surface area contributed by atoms with Crippen LogP contribution in [0.1, 0.15) is 48.9 Å². The van der Waals surface area contributed by atoms with Crippen molar-refractivity contribution in [2.45, 2.75) is 38.5 Å². The zero-order chi connectivity index (χ0) is 12.8. The lowest BCUT2D eigenvalue weighted by atomic mass is 9.87. The minimum Gasteiger partial charge on any atom is -0.370 e. The van der Waals surface area contributed by atoms with Crippen LogP contribution in [-0.2, 0) is 0 Å². The van der Waals surface area contributed by atoms with Gasteiger partial charge in [0.05, 0.1) is 5.56 Å². The molecule has 3 N–H and O–H groups in total. The normalized spacial score (nSPS) is 16.4. The molecule has 1 aliphatic rings. The number of hydrogen-bond acceptors (Lipinski definition) is 3. The summed E-state index contributed by atoms with van der Waals surface area (Å²) in [4.78, 5) is 15.1. The quantitative estimate of drug-likeness (QED) is 0.840. The Bertz CT molecular complexity index is 383. The van der Waals surface area contributed by atoms with Gasteiger partial charge in [-0.15, -0.1) is 0 Å². The average Bonchev–Trinajstić information content (AvgIpc) is 2.40. The minimum atomic E-state index is -0.434. The maximum Gasteiger partial charge on any atom is 0.250 e. The fourth-order valence-electron chi connectivity index (χ4n) is 2.52. The summed E-state index contributed by atoms with van der Waals surface area (Å²) in [6.07, 6.45) is 9.64. The van der Waals surface area contributed by atoms with Gasteiger partial charge in [0.1, 0.15) is 5.82 Å². The van der Waals surface area contributed by atoms with Crippen LogP contribution in [0.25, 0.3) is 0 Å². The lowest BCUT2D eigenvalue weighted by Crippen LogP contribution is -2.14. The fourth-order valence-corrected chi connectivity index (χ4v) is 2.52. The molecule has 1 heterocycles. The van der Waals surface area contributed by atoms with E-state index < -0.39 is 5.91 Å². The van der Waals surface area contributed by atoms with Crippen LogP contribution in [0.15, 0.2) is 18.3 Å². The summed E-state index contributed by atoms with van der Waals surface area (Å²) in [5, 5.41) is 3.29. The topological polar surface area (TPSA) is 68.0 Å². The van der Waals surface area contributed by atoms with Crippen molar-refractivity contribution in [3.63, 3.8) is 0 Å². The van der Waals surface area contributed by atoms with Crippen LogP contribution >= 0.6 is 0 Å². The number of rotatable bonds is 5. The van der Waals surface area contributed by atoms with Crippen molar-refractivity contribution in [1.29, 1.82) is 0 Å². The van der Waals surface area contributed by atoms with Gasteiger partial charge in [0.2, 0.25) is 5.91 Å². The van der Waals surface area contributed by atoms with Crippen LogP contribution in [0.5, 0.6) is 0 Å². The van der Waals surface area contributed by atoms with Gasteiger partial charge in [0, 0.05) is 12.7 Å². The molecule has 0 radical (unpaired) electrons. The molecule has 18 heavy (non-hydrogen) atoms. The Balaban J connectivity index is 1.74. The predicted octanol–water partition coefficient (Wildman–Crippen LogP) is 2.56. The third kappa shape index (κ3) is 3.72. The van der Waals surface area contributed by atoms with E-state index >= 15 is 0 Å². The maximum atomic E-state index is 10.9. The zero-order valence-corrected chi connectivity index (χ0v) is 10.7. The number of primary amides is 1. The van der Waals surface area contributed by atoms with Gasteiger partial charge in [-0.25, -0.2) is 4.98 Å². The van der Waals surface area contributed by atoms with Crippen molar-refractivity contribution in [2.75, 3.05) is 11.9 Å². The van der Waals surface area contributed by atoms with Gasteiger partial charge in [-0.2, -0.15) is 0 Å². The number of pyridine rings is 1. The number of hydrogen-bond donors (Lipinski definition) is 2. The second-order valence-electron chi connectivity index (χ2n) is 5.02. The smallest absolute Gasteiger partial charge is 0.250 e. The zero-order valence-electron chi connectivity index (χ0n) is 10.7. The summed E-state index contributed by atoms with van der Waals surface area (Å²) in [7, 11) is 0. The molecule has 0 atom stereocenters. The number of aromatic nitrogens is 1. The molecule has 2 rings (SSSR count). The van der Waals surface area contributed by atoms with E-state index in [9.17, 15) is 4.79 Å². The second-order valence-corrected chi connectivity index (χ2v) is 5.02. The number of nitrogens with one attached hydrogen (secondary N) is 1. The summed E-state index contributed by atoms with van der Waals surface area (Å²) in [5.41, 5.74) is 5.61. The number of nitrogens with zero attached hydrogens (tertiary/aromatic N) is 1. The van der Waals surface area contributed by atoms with Crippen molar-refractivity contribution in [3.8, 4) is 0 Å². The third-order valence-electron chi connectivity index (χ3n) is 3.63. The highest BCUT2D eigenvalue weighted by Gasteiger charge is 2.12. The lowest BCUT2D eigenvalue weighted by Gasteiger charge is -2.21. The van der Waals surface area contributed by atoms with Crippen molar-refractivity contribution in [2.24, 2.45) is 11.7 Å². The fraction of sp³-hybridized carbons (Fsp3) is 0.571. The molecule has 1 saturated carbocycles. The summed E-state index contributed by atoms with van der Waals surface area (Å²) in [5.74, 6) is 1.25. The molecule has 0 aromatic carbocycles. The molecule has 0 aliphatic heterocycles. The molecule has 1 fully saturated rings. The van der Waals surface area contributed by atoms with E-state index in [1.807, 2.05) is 0 Å². The predicted molar refractivity (Wildman–Crippen MR) is 72.4 cm³/mol. The molecule has 98 valence electrons. The van der Waals surface area contributed by atoms with Crippen LogP contribution in [0.2, 0.25) is 0 Å². The summed E-state index contributed by atoms with van der Waals surface area (Å²) in [6, 6.07) is 3.51. The molecule has 0 bridgehead atoms. The third-order valence-corrected chi connectivity index (χ3v) is 3.63. The number of carbonyl (C=O) groups excluding carboxylic acids is 1. The average molecular weight is 247 g/mol. The van der Waals surface area contributed by atoms with Gasteiger partial charge < -0.3 is 11.1 Å². The van der Waals surface area contributed by atoms with Crippen LogP contribution in [0, 0.1) is 5.92 Å². The summed E-state index contributed by atoms with van der Waals surface area (Å²) < 4.78 is 0. The molecule has 0 unspecified atom stereocenters. The molecule has 0 saturated heterocycles. The van der Waals surface area contributed by atoms with Crippen molar-refractivity contribution in [1.82, 2.24) is 4.98 Å². The molecular weight excluding hydrogens is 226 g/mol. The van der Waals surface area contributed by atoms with Crippen molar-refractivity contribution >= 4 is 11.7 Å². The molecule has 1 aromatic heterocycles. The molecule has 4 heteroatoms. The van der Waals surface area contributed by atoms with Crippen LogP contribution in [-0.4, -0.2) is 17.4 Å². The SMILES string of the molecule is NC(=O)c1ccc(NCCC2CCCCC2)nc1. The number of anilines is 1. The number of nitrogens with two attached hydrogens (primary N) is 1. The van der Waals surface area contributed by atoms with E-state index in [-0.39, 0.29) is 0 Å². The summed E-state index contributed by atoms with van der Waals surface area (Å²) in [6.45, 7) is 0.952. The highest BCUT2D eigenvalue weighted by Crippen LogP contribution is 2.26. The first-order valence-corrected chi connectivity index (χ1v) is 6.75. The van der Waals surface area contributed by atoms with E-state index in [2.05, 4.69) is 10.3 Å². The largest absolute Gasteiger partial charge is 0.370 e. The standard InChI is InChI=1S/C14H21N3O/c15-14(18)12-6-7-13(17-10-12)16-9-8-11-4-2-1-3-5-11/h6-7,10-11H,1-5,8-9H2,(H2,15,18)(H,16,17). The van der Waals surface area contributed by atoms with Crippen molar-refractivity contribution in [3.05, 3.63) is 23.9 Å².